The molecule has 16 heteroatoms. The van der Waals surface area contributed by atoms with Crippen molar-refractivity contribution in [2.45, 2.75) is 78.6 Å². The van der Waals surface area contributed by atoms with E-state index in [1.807, 2.05) is 49.9 Å². The Kier molecular flexibility index (Phi) is 11.0. The predicted octanol–water partition coefficient (Wildman–Crippen LogP) is 6.32. The molecule has 4 N–H and O–H groups in total. The van der Waals surface area contributed by atoms with Crippen LogP contribution in [0.3, 0.4) is 0 Å². The zero-order chi connectivity index (χ0) is 37.4. The van der Waals surface area contributed by atoms with E-state index >= 15 is 0 Å². The number of hydrogen-bond donors (Lipinski definition) is 4. The predicted molar refractivity (Wildman–Crippen MR) is 200 cm³/mol. The molecule has 2 fully saturated rings. The first-order valence-electron chi connectivity index (χ1n) is 17.7. The standard InChI is InChI=1S/C36H48N8O6S2/c1-17(2)29(41-35(47)49-7)33(45)43-15-19(5)9-23(43)31-37-13-21(39-31)25-11-27-28(51-25)12-26(52-27)22-14-38-32(40-22)24-10-20(6)16-44(24)34(46)30(18(3)4)42-36(48)50-8/h11-14,17-20,23-24,29-30H,9-10,15-16H2,1-8H3,(H,37,39)(H,38,40)(H,41,47)(H,42,48). The van der Waals surface area contributed by atoms with E-state index in [0.717, 1.165) is 55.0 Å². The van der Waals surface area contributed by atoms with Crippen molar-refractivity contribution in [3.8, 4) is 21.1 Å². The van der Waals surface area contributed by atoms with Gasteiger partial charge < -0.3 is 39.9 Å². The van der Waals surface area contributed by atoms with Crippen molar-refractivity contribution in [1.29, 1.82) is 0 Å². The molecule has 2 aliphatic rings. The quantitative estimate of drug-likeness (QED) is 0.146. The lowest BCUT2D eigenvalue weighted by Gasteiger charge is -2.30. The molecule has 0 aliphatic carbocycles. The van der Waals surface area contributed by atoms with Crippen molar-refractivity contribution in [3.05, 3.63) is 36.2 Å². The first kappa shape index (κ1) is 37.3. The molecule has 14 nitrogen and oxygen atoms in total. The Hall–Kier alpha value is -4.44. The fourth-order valence-electron chi connectivity index (χ4n) is 7.22. The molecule has 6 unspecified atom stereocenters. The molecule has 2 aliphatic heterocycles. The van der Waals surface area contributed by atoms with Gasteiger partial charge in [-0.15, -0.1) is 22.7 Å². The molecule has 6 atom stereocenters. The van der Waals surface area contributed by atoms with Gasteiger partial charge in [-0.2, -0.15) is 0 Å². The Balaban J connectivity index is 1.17. The number of aromatic nitrogens is 4. The summed E-state index contributed by atoms with van der Waals surface area (Å²) in [5.41, 5.74) is 1.77. The summed E-state index contributed by atoms with van der Waals surface area (Å²) in [6, 6.07) is 2.45. The zero-order valence-corrected chi connectivity index (χ0v) is 32.4. The third-order valence-corrected chi connectivity index (χ3v) is 12.3. The van der Waals surface area contributed by atoms with Gasteiger partial charge in [-0.3, -0.25) is 9.59 Å². The van der Waals surface area contributed by atoms with Crippen LogP contribution in [-0.4, -0.2) is 93.1 Å². The number of imidazole rings is 2. The second kappa shape index (κ2) is 15.3. The Morgan fingerprint density at radius 2 is 1.12 bits per heavy atom. The summed E-state index contributed by atoms with van der Waals surface area (Å²) < 4.78 is 11.8. The SMILES string of the molecule is COC(=O)NC(C(=O)N1CC(C)CC1c1ncc(-c2cc3sc(-c4cnc(C5CC(C)CN5C(=O)C(NC(=O)OC)C(C)C)[nH]4)cc3s2)[nH]1)C(C)C. The van der Waals surface area contributed by atoms with Gasteiger partial charge in [0.15, 0.2) is 0 Å². The number of hydrogen-bond acceptors (Lipinski definition) is 10. The number of carbonyl (C=O) groups is 4. The maximum absolute atomic E-state index is 13.7. The zero-order valence-electron chi connectivity index (χ0n) is 30.8. The van der Waals surface area contributed by atoms with Gasteiger partial charge in [-0.05, 0) is 48.6 Å². The first-order chi connectivity index (χ1) is 24.8. The molecule has 6 heterocycles. The van der Waals surface area contributed by atoms with Gasteiger partial charge in [-0.1, -0.05) is 41.5 Å². The van der Waals surface area contributed by atoms with Crippen LogP contribution in [0.1, 0.15) is 78.1 Å². The third-order valence-electron chi connectivity index (χ3n) is 9.93. The Bertz CT molecular complexity index is 1770. The van der Waals surface area contributed by atoms with E-state index in [1.54, 1.807) is 22.7 Å². The molecular weight excluding hydrogens is 705 g/mol. The summed E-state index contributed by atoms with van der Waals surface area (Å²) in [4.78, 5) is 73.5. The van der Waals surface area contributed by atoms with Crippen LogP contribution in [0, 0.1) is 23.7 Å². The number of rotatable bonds is 10. The van der Waals surface area contributed by atoms with E-state index in [2.05, 4.69) is 46.6 Å². The molecule has 0 bridgehead atoms. The van der Waals surface area contributed by atoms with Gasteiger partial charge in [0, 0.05) is 22.5 Å². The third kappa shape index (κ3) is 7.54. The minimum atomic E-state index is -0.699. The second-order valence-corrected chi connectivity index (χ2v) is 16.9. The highest BCUT2D eigenvalue weighted by atomic mass is 32.1. The minimum absolute atomic E-state index is 0.114. The summed E-state index contributed by atoms with van der Waals surface area (Å²) in [7, 11) is 2.58. The van der Waals surface area contributed by atoms with Crippen molar-refractivity contribution < 1.29 is 28.7 Å². The lowest BCUT2D eigenvalue weighted by atomic mass is 10.0. The summed E-state index contributed by atoms with van der Waals surface area (Å²) in [5.74, 6) is 1.50. The summed E-state index contributed by atoms with van der Waals surface area (Å²) in [5, 5.41) is 5.42. The molecule has 52 heavy (non-hydrogen) atoms. The number of H-pyrrole nitrogens is 2. The van der Waals surface area contributed by atoms with E-state index in [9.17, 15) is 19.2 Å². The van der Waals surface area contributed by atoms with Gasteiger partial charge >= 0.3 is 12.2 Å². The van der Waals surface area contributed by atoms with Crippen molar-refractivity contribution in [2.75, 3.05) is 27.3 Å². The van der Waals surface area contributed by atoms with E-state index in [0.29, 0.717) is 13.1 Å². The molecule has 4 aromatic heterocycles. The number of methoxy groups -OCH3 is 2. The van der Waals surface area contributed by atoms with Crippen LogP contribution in [0.15, 0.2) is 24.5 Å². The van der Waals surface area contributed by atoms with E-state index in [1.165, 1.54) is 14.2 Å². The average molecular weight is 753 g/mol. The number of amides is 4. The molecule has 4 amide bonds. The average Bonchev–Trinajstić information content (AvgIpc) is 3.94. The number of carbonyl (C=O) groups excluding carboxylic acids is 4. The fraction of sp³-hybridized carbons (Fsp3) is 0.556. The van der Waals surface area contributed by atoms with Gasteiger partial charge in [0.05, 0.1) is 59.8 Å². The largest absolute Gasteiger partial charge is 0.453 e. The maximum Gasteiger partial charge on any atom is 0.407 e. The van der Waals surface area contributed by atoms with Crippen molar-refractivity contribution in [2.24, 2.45) is 23.7 Å². The van der Waals surface area contributed by atoms with E-state index in [-0.39, 0.29) is 47.6 Å². The highest BCUT2D eigenvalue weighted by Crippen LogP contribution is 2.43. The number of alkyl carbamates (subject to hydrolysis) is 2. The second-order valence-electron chi connectivity index (χ2n) is 14.7. The number of ether oxygens (including phenoxy) is 2. The highest BCUT2D eigenvalue weighted by molar-refractivity contribution is 7.31. The molecule has 280 valence electrons. The van der Waals surface area contributed by atoms with E-state index < -0.39 is 24.3 Å². The van der Waals surface area contributed by atoms with Gasteiger partial charge in [0.1, 0.15) is 23.7 Å². The Morgan fingerprint density at radius 3 is 1.46 bits per heavy atom. The van der Waals surface area contributed by atoms with Crippen LogP contribution < -0.4 is 10.6 Å². The maximum atomic E-state index is 13.7. The van der Waals surface area contributed by atoms with Crippen LogP contribution in [0.5, 0.6) is 0 Å². The van der Waals surface area contributed by atoms with E-state index in [4.69, 9.17) is 19.4 Å². The topological polar surface area (TPSA) is 175 Å². The van der Waals surface area contributed by atoms with Crippen molar-refractivity contribution in [3.63, 3.8) is 0 Å². The van der Waals surface area contributed by atoms with Crippen molar-refractivity contribution in [1.82, 2.24) is 40.4 Å². The molecule has 0 aromatic carbocycles. The van der Waals surface area contributed by atoms with Gasteiger partial charge in [-0.25, -0.2) is 19.6 Å². The number of nitrogens with zero attached hydrogens (tertiary/aromatic N) is 4. The number of aromatic amines is 2. The number of likely N-dealkylation sites (tertiary alicyclic amines) is 2. The summed E-state index contributed by atoms with van der Waals surface area (Å²) in [6.45, 7) is 13.0. The number of nitrogens with one attached hydrogen (secondary N) is 4. The molecule has 4 aromatic rings. The summed E-state index contributed by atoms with van der Waals surface area (Å²) in [6.07, 6.45) is 3.93. The van der Waals surface area contributed by atoms with Crippen LogP contribution in [0.25, 0.3) is 30.5 Å². The highest BCUT2D eigenvalue weighted by Gasteiger charge is 2.41. The monoisotopic (exact) mass is 752 g/mol. The van der Waals surface area contributed by atoms with Crippen LogP contribution >= 0.6 is 22.7 Å². The normalized spacial score (nSPS) is 21.6. The van der Waals surface area contributed by atoms with Crippen LogP contribution in [-0.2, 0) is 19.1 Å². The van der Waals surface area contributed by atoms with Gasteiger partial charge in [0.25, 0.3) is 0 Å². The molecule has 0 spiro atoms. The van der Waals surface area contributed by atoms with Gasteiger partial charge in [0.2, 0.25) is 11.8 Å². The minimum Gasteiger partial charge on any atom is -0.453 e. The molecule has 0 radical (unpaired) electrons. The van der Waals surface area contributed by atoms with Crippen LogP contribution in [0.4, 0.5) is 9.59 Å². The van der Waals surface area contributed by atoms with Crippen LogP contribution in [0.2, 0.25) is 0 Å². The van der Waals surface area contributed by atoms with Crippen molar-refractivity contribution >= 4 is 56.1 Å². The molecule has 0 saturated carbocycles. The Morgan fingerprint density at radius 1 is 0.731 bits per heavy atom. The summed E-state index contributed by atoms with van der Waals surface area (Å²) >= 11 is 3.32. The number of thiophene rings is 2. The molecule has 6 rings (SSSR count). The number of fused-ring (bicyclic) bond motifs is 1. The first-order valence-corrected chi connectivity index (χ1v) is 19.3. The lowest BCUT2D eigenvalue weighted by molar-refractivity contribution is -0.136. The molecule has 2 saturated heterocycles. The Labute approximate surface area is 311 Å². The fourth-order valence-corrected chi connectivity index (χ4v) is 9.54. The smallest absolute Gasteiger partial charge is 0.407 e. The molecular formula is C36H48N8O6S2. The lowest BCUT2D eigenvalue weighted by Crippen LogP contribution is -2.51.